The third-order valence-corrected chi connectivity index (χ3v) is 4.77. The van der Waals surface area contributed by atoms with Crippen molar-refractivity contribution in [2.24, 2.45) is 5.41 Å². The van der Waals surface area contributed by atoms with E-state index in [-0.39, 0.29) is 6.61 Å². The topological polar surface area (TPSA) is 36.4 Å². The second-order valence-corrected chi connectivity index (χ2v) is 5.84. The minimum Gasteiger partial charge on any atom is -0.390 e. The van der Waals surface area contributed by atoms with Gasteiger partial charge in [0.25, 0.3) is 0 Å². The van der Waals surface area contributed by atoms with E-state index in [1.54, 1.807) is 0 Å². The molecule has 0 unspecified atom stereocenters. The van der Waals surface area contributed by atoms with Gasteiger partial charge in [0.05, 0.1) is 12.3 Å². The van der Waals surface area contributed by atoms with Crippen LogP contribution in [0.4, 0.5) is 5.82 Å². The van der Waals surface area contributed by atoms with Gasteiger partial charge < -0.3 is 10.0 Å². The first-order valence-electron chi connectivity index (χ1n) is 7.13. The van der Waals surface area contributed by atoms with Crippen LogP contribution in [0.5, 0.6) is 0 Å². The molecule has 1 aromatic rings. The van der Waals surface area contributed by atoms with Gasteiger partial charge in [-0.25, -0.2) is 4.98 Å². The highest BCUT2D eigenvalue weighted by Gasteiger charge is 2.37. The molecular formula is C15H22N2O. The molecule has 0 aromatic carbocycles. The van der Waals surface area contributed by atoms with Gasteiger partial charge in [0.15, 0.2) is 0 Å². The van der Waals surface area contributed by atoms with Crippen molar-refractivity contribution in [3.05, 3.63) is 23.9 Å². The molecule has 2 heterocycles. The molecule has 3 rings (SSSR count). The number of aliphatic hydroxyl groups excluding tert-OH is 1. The molecule has 1 aliphatic heterocycles. The monoisotopic (exact) mass is 246 g/mol. The van der Waals surface area contributed by atoms with Gasteiger partial charge in [-0.1, -0.05) is 18.9 Å². The first-order valence-corrected chi connectivity index (χ1v) is 7.13. The Morgan fingerprint density at radius 2 is 1.83 bits per heavy atom. The van der Waals surface area contributed by atoms with E-state index < -0.39 is 0 Å². The highest BCUT2D eigenvalue weighted by Crippen LogP contribution is 2.46. The number of hydrogen-bond acceptors (Lipinski definition) is 3. The van der Waals surface area contributed by atoms with Crippen molar-refractivity contribution in [3.8, 4) is 0 Å². The zero-order valence-electron chi connectivity index (χ0n) is 10.9. The molecule has 3 nitrogen and oxygen atoms in total. The van der Waals surface area contributed by atoms with Gasteiger partial charge in [0, 0.05) is 13.1 Å². The molecule has 98 valence electrons. The van der Waals surface area contributed by atoms with E-state index >= 15 is 0 Å². The summed E-state index contributed by atoms with van der Waals surface area (Å²) in [6, 6.07) is 5.94. The maximum Gasteiger partial charge on any atom is 0.128 e. The van der Waals surface area contributed by atoms with Gasteiger partial charge in [0.2, 0.25) is 0 Å². The van der Waals surface area contributed by atoms with Crippen LogP contribution in [0.2, 0.25) is 0 Å². The lowest BCUT2D eigenvalue weighted by Gasteiger charge is -2.40. The smallest absolute Gasteiger partial charge is 0.128 e. The minimum atomic E-state index is 0.0334. The van der Waals surface area contributed by atoms with Crippen molar-refractivity contribution in [2.45, 2.75) is 45.1 Å². The molecule has 0 radical (unpaired) electrons. The number of piperidine rings is 1. The summed E-state index contributed by atoms with van der Waals surface area (Å²) in [5, 5.41) is 9.15. The zero-order valence-corrected chi connectivity index (χ0v) is 10.9. The number of nitrogens with zero attached hydrogens (tertiary/aromatic N) is 2. The predicted octanol–water partition coefficient (Wildman–Crippen LogP) is 2.73. The molecule has 0 atom stereocenters. The lowest BCUT2D eigenvalue weighted by atomic mass is 9.77. The summed E-state index contributed by atoms with van der Waals surface area (Å²) in [6.07, 6.45) is 8.36. The largest absolute Gasteiger partial charge is 0.390 e. The van der Waals surface area contributed by atoms with Crippen LogP contribution in [0.25, 0.3) is 0 Å². The molecule has 18 heavy (non-hydrogen) atoms. The van der Waals surface area contributed by atoms with E-state index in [0.29, 0.717) is 5.41 Å². The molecule has 0 amide bonds. The molecular weight excluding hydrogens is 224 g/mol. The minimum absolute atomic E-state index is 0.0334. The fraction of sp³-hybridized carbons (Fsp3) is 0.667. The van der Waals surface area contributed by atoms with Crippen molar-refractivity contribution in [1.82, 2.24) is 4.98 Å². The van der Waals surface area contributed by atoms with Crippen molar-refractivity contribution in [2.75, 3.05) is 18.0 Å². The van der Waals surface area contributed by atoms with Gasteiger partial charge in [-0.15, -0.1) is 0 Å². The van der Waals surface area contributed by atoms with Crippen LogP contribution in [0.3, 0.4) is 0 Å². The molecule has 3 heteroatoms. The first kappa shape index (κ1) is 12.0. The van der Waals surface area contributed by atoms with Crippen molar-refractivity contribution >= 4 is 5.82 Å². The molecule has 2 fully saturated rings. The lowest BCUT2D eigenvalue weighted by molar-refractivity contribution is 0.226. The van der Waals surface area contributed by atoms with Crippen LogP contribution in [-0.4, -0.2) is 23.2 Å². The number of rotatable bonds is 2. The molecule has 1 saturated carbocycles. The maximum absolute atomic E-state index is 9.15. The molecule has 0 bridgehead atoms. The van der Waals surface area contributed by atoms with E-state index in [9.17, 15) is 0 Å². The van der Waals surface area contributed by atoms with Gasteiger partial charge >= 0.3 is 0 Å². The van der Waals surface area contributed by atoms with Gasteiger partial charge in [-0.3, -0.25) is 0 Å². The first-order chi connectivity index (χ1) is 8.81. The lowest BCUT2D eigenvalue weighted by Crippen LogP contribution is -2.39. The van der Waals surface area contributed by atoms with E-state index in [4.69, 9.17) is 5.11 Å². The second kappa shape index (κ2) is 4.88. The summed E-state index contributed by atoms with van der Waals surface area (Å²) >= 11 is 0. The van der Waals surface area contributed by atoms with Gasteiger partial charge in [-0.05, 0) is 43.2 Å². The summed E-state index contributed by atoms with van der Waals surface area (Å²) < 4.78 is 0. The standard InChI is InChI=1S/C15H22N2O/c18-12-13-4-3-5-14(16-13)17-10-8-15(9-11-17)6-1-2-7-15/h3-5,18H,1-2,6-12H2. The SMILES string of the molecule is OCc1cccc(N2CCC3(CCCC3)CC2)n1. The van der Waals surface area contributed by atoms with Gasteiger partial charge in [-0.2, -0.15) is 0 Å². The Morgan fingerprint density at radius 1 is 1.11 bits per heavy atom. The van der Waals surface area contributed by atoms with Crippen LogP contribution in [-0.2, 0) is 6.61 Å². The summed E-state index contributed by atoms with van der Waals surface area (Å²) in [5.74, 6) is 1.04. The third kappa shape index (κ3) is 2.24. The predicted molar refractivity (Wildman–Crippen MR) is 72.5 cm³/mol. The summed E-state index contributed by atoms with van der Waals surface area (Å²) in [7, 11) is 0. The van der Waals surface area contributed by atoms with E-state index in [2.05, 4.69) is 16.0 Å². The van der Waals surface area contributed by atoms with Crippen LogP contribution in [0.15, 0.2) is 18.2 Å². The Balaban J connectivity index is 1.68. The third-order valence-electron chi connectivity index (χ3n) is 4.77. The average molecular weight is 246 g/mol. The molecule has 1 saturated heterocycles. The highest BCUT2D eigenvalue weighted by molar-refractivity contribution is 5.39. The number of hydrogen-bond donors (Lipinski definition) is 1. The number of anilines is 1. The molecule has 1 aliphatic carbocycles. The number of aliphatic hydroxyl groups is 1. The highest BCUT2D eigenvalue weighted by atomic mass is 16.3. The molecule has 1 spiro atoms. The summed E-state index contributed by atoms with van der Waals surface area (Å²) in [6.45, 7) is 2.29. The van der Waals surface area contributed by atoms with E-state index in [1.807, 2.05) is 12.1 Å². The number of pyridine rings is 1. The Kier molecular flexibility index (Phi) is 3.25. The van der Waals surface area contributed by atoms with Crippen LogP contribution in [0, 0.1) is 5.41 Å². The fourth-order valence-corrected chi connectivity index (χ4v) is 3.57. The molecule has 1 aromatic heterocycles. The van der Waals surface area contributed by atoms with E-state index in [0.717, 1.165) is 24.6 Å². The second-order valence-electron chi connectivity index (χ2n) is 5.84. The fourth-order valence-electron chi connectivity index (χ4n) is 3.57. The zero-order chi connectivity index (χ0) is 12.4. The van der Waals surface area contributed by atoms with Crippen molar-refractivity contribution in [1.29, 1.82) is 0 Å². The Bertz CT molecular complexity index is 403. The van der Waals surface area contributed by atoms with E-state index in [1.165, 1.54) is 38.5 Å². The Hall–Kier alpha value is -1.09. The maximum atomic E-state index is 9.15. The van der Waals surface area contributed by atoms with Crippen LogP contribution in [0.1, 0.15) is 44.2 Å². The summed E-state index contributed by atoms with van der Waals surface area (Å²) in [5.41, 5.74) is 1.43. The van der Waals surface area contributed by atoms with Crippen molar-refractivity contribution < 1.29 is 5.11 Å². The Morgan fingerprint density at radius 3 is 2.50 bits per heavy atom. The number of aromatic nitrogens is 1. The van der Waals surface area contributed by atoms with Crippen LogP contribution >= 0.6 is 0 Å². The van der Waals surface area contributed by atoms with Gasteiger partial charge in [0.1, 0.15) is 5.82 Å². The molecule has 2 aliphatic rings. The van der Waals surface area contributed by atoms with Crippen LogP contribution < -0.4 is 4.90 Å². The summed E-state index contributed by atoms with van der Waals surface area (Å²) in [4.78, 5) is 6.88. The normalized spacial score (nSPS) is 22.6. The van der Waals surface area contributed by atoms with Crippen molar-refractivity contribution in [3.63, 3.8) is 0 Å². The average Bonchev–Trinajstić information content (AvgIpc) is 2.88. The quantitative estimate of drug-likeness (QED) is 0.871. The molecule has 1 N–H and O–H groups in total. The Labute approximate surface area is 109 Å².